The molecule has 0 bridgehead atoms. The summed E-state index contributed by atoms with van der Waals surface area (Å²) in [5, 5.41) is 12.3. The first-order valence-corrected chi connectivity index (χ1v) is 8.36. The maximum Gasteiger partial charge on any atom is 0.416 e. The van der Waals surface area contributed by atoms with Gasteiger partial charge < -0.3 is 10.4 Å². The average Bonchev–Trinajstić information content (AvgIpc) is 2.61. The van der Waals surface area contributed by atoms with Gasteiger partial charge >= 0.3 is 6.18 Å². The molecule has 1 aromatic carbocycles. The van der Waals surface area contributed by atoms with Crippen molar-refractivity contribution in [1.82, 2.24) is 9.38 Å². The van der Waals surface area contributed by atoms with Crippen LogP contribution in [-0.4, -0.2) is 27.1 Å². The highest BCUT2D eigenvalue weighted by atomic mass is 35.5. The van der Waals surface area contributed by atoms with Crippen molar-refractivity contribution in [2.45, 2.75) is 19.1 Å². The van der Waals surface area contributed by atoms with Gasteiger partial charge in [0.05, 0.1) is 23.3 Å². The molecule has 0 radical (unpaired) electrons. The number of benzene rings is 1. The van der Waals surface area contributed by atoms with E-state index in [0.717, 1.165) is 12.1 Å². The Morgan fingerprint density at radius 3 is 2.63 bits per heavy atom. The van der Waals surface area contributed by atoms with E-state index in [-0.39, 0.29) is 34.2 Å². The van der Waals surface area contributed by atoms with Gasteiger partial charge in [-0.25, -0.2) is 0 Å². The summed E-state index contributed by atoms with van der Waals surface area (Å²) in [5.41, 5.74) is -1.37. The predicted octanol–water partition coefficient (Wildman–Crippen LogP) is 3.83. The van der Waals surface area contributed by atoms with Gasteiger partial charge in [-0.05, 0) is 25.1 Å². The van der Waals surface area contributed by atoms with Gasteiger partial charge in [-0.1, -0.05) is 29.8 Å². The third kappa shape index (κ3) is 3.77. The molecule has 0 aliphatic rings. The molecular weight excluding hydrogens is 383 g/mol. The van der Waals surface area contributed by atoms with E-state index in [1.165, 1.54) is 10.6 Å². The van der Waals surface area contributed by atoms with Crippen LogP contribution in [0, 0.1) is 0 Å². The smallest absolute Gasteiger partial charge is 0.394 e. The summed E-state index contributed by atoms with van der Waals surface area (Å²) in [5.74, 6) is 0.0288. The average molecular weight is 398 g/mol. The summed E-state index contributed by atoms with van der Waals surface area (Å²) >= 11 is 6.16. The number of hydrogen-bond acceptors (Lipinski definition) is 4. The van der Waals surface area contributed by atoms with Crippen LogP contribution in [0.1, 0.15) is 12.5 Å². The number of pyridine rings is 1. The number of fused-ring (bicyclic) bond motifs is 1. The second-order valence-electron chi connectivity index (χ2n) is 5.99. The van der Waals surface area contributed by atoms with Crippen molar-refractivity contribution < 1.29 is 18.3 Å². The lowest BCUT2D eigenvalue weighted by Crippen LogP contribution is -2.25. The maximum absolute atomic E-state index is 13.2. The summed E-state index contributed by atoms with van der Waals surface area (Å²) < 4.78 is 41.0. The van der Waals surface area contributed by atoms with Crippen molar-refractivity contribution in [3.8, 4) is 11.1 Å². The van der Waals surface area contributed by atoms with E-state index in [9.17, 15) is 23.1 Å². The van der Waals surface area contributed by atoms with E-state index < -0.39 is 23.3 Å². The number of rotatable bonds is 4. The standard InChI is InChI=1S/C18H15ClF3N3O2/c1-10(9-26)23-17-24-16(27)15(12-4-2-3-5-13(12)19)14-8-11(18(20,21)22)6-7-25(14)17/h2-8,10,26H,9H2,1H3,(H,23,24,27). The van der Waals surface area contributed by atoms with Gasteiger partial charge in [0.15, 0.2) is 0 Å². The molecule has 0 aliphatic heterocycles. The van der Waals surface area contributed by atoms with Crippen LogP contribution >= 0.6 is 11.6 Å². The normalized spacial score (nSPS) is 13.0. The first-order chi connectivity index (χ1) is 12.7. The number of aliphatic hydroxyl groups excluding tert-OH is 1. The zero-order valence-corrected chi connectivity index (χ0v) is 14.8. The molecule has 2 N–H and O–H groups in total. The molecule has 142 valence electrons. The first kappa shape index (κ1) is 19.2. The number of aromatic nitrogens is 2. The van der Waals surface area contributed by atoms with Gasteiger partial charge in [0.2, 0.25) is 5.95 Å². The second-order valence-corrected chi connectivity index (χ2v) is 6.40. The van der Waals surface area contributed by atoms with Crippen molar-refractivity contribution in [2.24, 2.45) is 0 Å². The highest BCUT2D eigenvalue weighted by molar-refractivity contribution is 6.33. The van der Waals surface area contributed by atoms with Crippen LogP contribution in [-0.2, 0) is 6.18 Å². The minimum Gasteiger partial charge on any atom is -0.394 e. The third-order valence-corrected chi connectivity index (χ3v) is 4.31. The monoisotopic (exact) mass is 397 g/mol. The Kier molecular flexibility index (Phi) is 5.12. The van der Waals surface area contributed by atoms with Crippen LogP contribution in [0.4, 0.5) is 19.1 Å². The molecule has 0 fully saturated rings. The summed E-state index contributed by atoms with van der Waals surface area (Å²) in [7, 11) is 0. The second kappa shape index (κ2) is 7.21. The molecule has 2 aromatic heterocycles. The lowest BCUT2D eigenvalue weighted by molar-refractivity contribution is -0.137. The van der Waals surface area contributed by atoms with Crippen molar-refractivity contribution in [2.75, 3.05) is 11.9 Å². The summed E-state index contributed by atoms with van der Waals surface area (Å²) in [6.45, 7) is 1.40. The Bertz CT molecular complexity index is 1050. The molecule has 0 amide bonds. The number of halogens is 4. The van der Waals surface area contributed by atoms with E-state index >= 15 is 0 Å². The van der Waals surface area contributed by atoms with Crippen molar-refractivity contribution >= 4 is 23.1 Å². The molecular formula is C18H15ClF3N3O2. The van der Waals surface area contributed by atoms with Crippen molar-refractivity contribution in [3.05, 3.63) is 63.5 Å². The molecule has 3 aromatic rings. The Balaban J connectivity index is 2.38. The fraction of sp³-hybridized carbons (Fsp3) is 0.222. The fourth-order valence-electron chi connectivity index (χ4n) is 2.65. The molecule has 0 spiro atoms. The molecule has 0 saturated carbocycles. The fourth-order valence-corrected chi connectivity index (χ4v) is 2.88. The van der Waals surface area contributed by atoms with Gasteiger partial charge in [-0.3, -0.25) is 9.20 Å². The molecule has 9 heteroatoms. The molecule has 1 unspecified atom stereocenters. The quantitative estimate of drug-likeness (QED) is 0.702. The van der Waals surface area contributed by atoms with E-state index in [2.05, 4.69) is 10.3 Å². The van der Waals surface area contributed by atoms with Crippen LogP contribution in [0.25, 0.3) is 16.6 Å². The van der Waals surface area contributed by atoms with E-state index in [1.807, 2.05) is 0 Å². The van der Waals surface area contributed by atoms with Crippen LogP contribution in [0.15, 0.2) is 47.4 Å². The maximum atomic E-state index is 13.2. The number of alkyl halides is 3. The number of nitrogens with zero attached hydrogens (tertiary/aromatic N) is 2. The first-order valence-electron chi connectivity index (χ1n) is 7.98. The number of hydrogen-bond donors (Lipinski definition) is 2. The molecule has 2 heterocycles. The van der Waals surface area contributed by atoms with Crippen LogP contribution in [0.3, 0.4) is 0 Å². The number of nitrogens with one attached hydrogen (secondary N) is 1. The predicted molar refractivity (Wildman–Crippen MR) is 97.1 cm³/mol. The highest BCUT2D eigenvalue weighted by Crippen LogP contribution is 2.34. The number of anilines is 1. The Hall–Kier alpha value is -2.58. The van der Waals surface area contributed by atoms with Gasteiger partial charge in [0.1, 0.15) is 0 Å². The Morgan fingerprint density at radius 1 is 1.30 bits per heavy atom. The van der Waals surface area contributed by atoms with Crippen molar-refractivity contribution in [3.63, 3.8) is 0 Å². The third-order valence-electron chi connectivity index (χ3n) is 3.98. The SMILES string of the molecule is CC(CO)Nc1nc(=O)c(-c2ccccc2Cl)c2cc(C(F)(F)F)ccn12. The minimum absolute atomic E-state index is 0.00515. The molecule has 1 atom stereocenters. The minimum atomic E-state index is -4.58. The summed E-state index contributed by atoms with van der Waals surface area (Å²) in [6, 6.07) is 7.69. The summed E-state index contributed by atoms with van der Waals surface area (Å²) in [4.78, 5) is 16.6. The van der Waals surface area contributed by atoms with E-state index in [1.54, 1.807) is 31.2 Å². The molecule has 0 saturated heterocycles. The van der Waals surface area contributed by atoms with Gasteiger partial charge in [-0.2, -0.15) is 18.2 Å². The lowest BCUT2D eigenvalue weighted by Gasteiger charge is -2.18. The summed E-state index contributed by atoms with van der Waals surface area (Å²) in [6.07, 6.45) is -3.40. The Morgan fingerprint density at radius 2 is 2.00 bits per heavy atom. The van der Waals surface area contributed by atoms with Crippen LogP contribution in [0.5, 0.6) is 0 Å². The van der Waals surface area contributed by atoms with E-state index in [0.29, 0.717) is 0 Å². The largest absolute Gasteiger partial charge is 0.416 e. The zero-order chi connectivity index (χ0) is 19.8. The van der Waals surface area contributed by atoms with E-state index in [4.69, 9.17) is 11.6 Å². The molecule has 0 aliphatic carbocycles. The molecule has 3 rings (SSSR count). The Labute approximate surface area is 157 Å². The topological polar surface area (TPSA) is 66.6 Å². The van der Waals surface area contributed by atoms with Gasteiger partial charge in [0, 0.05) is 22.8 Å². The zero-order valence-electron chi connectivity index (χ0n) is 14.1. The van der Waals surface area contributed by atoms with Gasteiger partial charge in [-0.15, -0.1) is 0 Å². The molecule has 5 nitrogen and oxygen atoms in total. The number of aliphatic hydroxyl groups is 1. The van der Waals surface area contributed by atoms with Gasteiger partial charge in [0.25, 0.3) is 5.56 Å². The lowest BCUT2D eigenvalue weighted by atomic mass is 10.0. The van der Waals surface area contributed by atoms with Crippen molar-refractivity contribution in [1.29, 1.82) is 0 Å². The highest BCUT2D eigenvalue weighted by Gasteiger charge is 2.31. The van der Waals surface area contributed by atoms with Crippen LogP contribution < -0.4 is 10.9 Å². The van der Waals surface area contributed by atoms with Crippen LogP contribution in [0.2, 0.25) is 5.02 Å². The molecule has 27 heavy (non-hydrogen) atoms.